The molecule has 0 atom stereocenters. The Morgan fingerprint density at radius 3 is 1.97 bits per heavy atom. The molecule has 1 N–H and O–H groups in total. The van der Waals surface area contributed by atoms with Crippen LogP contribution in [0.15, 0.2) is 72.8 Å². The number of benzene rings is 3. The predicted octanol–water partition coefficient (Wildman–Crippen LogP) is 6.04. The normalized spacial score (nSPS) is 10.7. The number of hydrogen-bond acceptors (Lipinski definition) is 10. The van der Waals surface area contributed by atoms with Crippen LogP contribution in [0.2, 0.25) is 0 Å². The molecule has 4 aromatic rings. The number of aromatic nitrogens is 3. The lowest BCUT2D eigenvalue weighted by Gasteiger charge is -2.19. The van der Waals surface area contributed by atoms with Gasteiger partial charge in [-0.2, -0.15) is 15.2 Å². The SMILES string of the molecule is COc1ccc(Oc2nc(Nc3cccc(C(=O)OC(C)(C)C)c3)nc(Oc3ccc(C#N)cc3)n2)cc1. The molecule has 4 rings (SSSR count). The summed E-state index contributed by atoms with van der Waals surface area (Å²) in [6.07, 6.45) is 0. The van der Waals surface area contributed by atoms with Crippen LogP contribution in [0.25, 0.3) is 0 Å². The van der Waals surface area contributed by atoms with E-state index >= 15 is 0 Å². The Bertz CT molecular complexity index is 1460. The van der Waals surface area contributed by atoms with Gasteiger partial charge in [0.1, 0.15) is 22.8 Å². The minimum atomic E-state index is -0.625. The van der Waals surface area contributed by atoms with E-state index in [9.17, 15) is 4.79 Å². The third kappa shape index (κ3) is 7.18. The van der Waals surface area contributed by atoms with E-state index in [1.165, 1.54) is 0 Å². The van der Waals surface area contributed by atoms with Crippen LogP contribution in [0.4, 0.5) is 11.6 Å². The highest BCUT2D eigenvalue weighted by Gasteiger charge is 2.18. The summed E-state index contributed by atoms with van der Waals surface area (Å²) in [7, 11) is 1.57. The van der Waals surface area contributed by atoms with Gasteiger partial charge in [0, 0.05) is 5.69 Å². The molecule has 0 aliphatic rings. The van der Waals surface area contributed by atoms with Crippen molar-refractivity contribution in [3.05, 3.63) is 83.9 Å². The Morgan fingerprint density at radius 1 is 0.842 bits per heavy atom. The molecule has 1 aromatic heterocycles. The fourth-order valence-corrected chi connectivity index (χ4v) is 3.13. The number of nitriles is 1. The second-order valence-corrected chi connectivity index (χ2v) is 8.95. The molecule has 3 aromatic carbocycles. The summed E-state index contributed by atoms with van der Waals surface area (Å²) in [5.41, 5.74) is 0.769. The highest BCUT2D eigenvalue weighted by atomic mass is 16.6. The lowest BCUT2D eigenvalue weighted by Crippen LogP contribution is -2.23. The van der Waals surface area contributed by atoms with Crippen molar-refractivity contribution in [2.45, 2.75) is 26.4 Å². The molecule has 0 aliphatic heterocycles. The third-order valence-electron chi connectivity index (χ3n) is 4.81. The number of anilines is 2. The molecule has 192 valence electrons. The molecular weight excluding hydrogens is 486 g/mol. The summed E-state index contributed by atoms with van der Waals surface area (Å²) in [6, 6.07) is 22.1. The van der Waals surface area contributed by atoms with Crippen molar-refractivity contribution >= 4 is 17.6 Å². The van der Waals surface area contributed by atoms with Gasteiger partial charge in [-0.1, -0.05) is 6.07 Å². The van der Waals surface area contributed by atoms with E-state index in [1.54, 1.807) is 101 Å². The van der Waals surface area contributed by atoms with Gasteiger partial charge < -0.3 is 24.3 Å². The Morgan fingerprint density at radius 2 is 1.42 bits per heavy atom. The number of rotatable bonds is 8. The minimum Gasteiger partial charge on any atom is -0.497 e. The number of esters is 1. The molecule has 0 bridgehead atoms. The van der Waals surface area contributed by atoms with Gasteiger partial charge in [0.05, 0.1) is 24.3 Å². The van der Waals surface area contributed by atoms with E-state index in [-0.39, 0.29) is 18.0 Å². The lowest BCUT2D eigenvalue weighted by atomic mass is 10.1. The Kier molecular flexibility index (Phi) is 7.68. The first-order chi connectivity index (χ1) is 18.2. The monoisotopic (exact) mass is 511 g/mol. The van der Waals surface area contributed by atoms with E-state index in [1.807, 2.05) is 0 Å². The van der Waals surface area contributed by atoms with Gasteiger partial charge in [-0.25, -0.2) is 4.79 Å². The van der Waals surface area contributed by atoms with Crippen molar-refractivity contribution in [1.82, 2.24) is 15.0 Å². The zero-order valence-corrected chi connectivity index (χ0v) is 21.3. The Labute approximate surface area is 219 Å². The Hall–Kier alpha value is -5.17. The van der Waals surface area contributed by atoms with Crippen molar-refractivity contribution in [2.24, 2.45) is 0 Å². The molecule has 10 nitrogen and oxygen atoms in total. The molecular formula is C28H25N5O5. The van der Waals surface area contributed by atoms with Gasteiger partial charge in [-0.15, -0.1) is 4.98 Å². The van der Waals surface area contributed by atoms with E-state index < -0.39 is 11.6 Å². The number of nitrogens with zero attached hydrogens (tertiary/aromatic N) is 4. The molecule has 1 heterocycles. The van der Waals surface area contributed by atoms with E-state index in [0.717, 1.165) is 0 Å². The van der Waals surface area contributed by atoms with Crippen LogP contribution in [0.5, 0.6) is 29.3 Å². The Balaban J connectivity index is 1.62. The first-order valence-electron chi connectivity index (χ1n) is 11.6. The molecule has 0 saturated heterocycles. The van der Waals surface area contributed by atoms with Crippen molar-refractivity contribution < 1.29 is 23.7 Å². The second-order valence-electron chi connectivity index (χ2n) is 8.95. The molecule has 10 heteroatoms. The van der Waals surface area contributed by atoms with Crippen LogP contribution in [-0.2, 0) is 4.74 Å². The van der Waals surface area contributed by atoms with Crippen LogP contribution < -0.4 is 19.5 Å². The largest absolute Gasteiger partial charge is 0.497 e. The number of nitrogens with one attached hydrogen (secondary N) is 1. The molecule has 0 radical (unpaired) electrons. The summed E-state index contributed by atoms with van der Waals surface area (Å²) in [5, 5.41) is 12.1. The van der Waals surface area contributed by atoms with Crippen LogP contribution in [0.3, 0.4) is 0 Å². The summed E-state index contributed by atoms with van der Waals surface area (Å²) in [4.78, 5) is 25.4. The average molecular weight is 512 g/mol. The van der Waals surface area contributed by atoms with Crippen LogP contribution in [0, 0.1) is 11.3 Å². The van der Waals surface area contributed by atoms with E-state index in [4.69, 9.17) is 24.2 Å². The summed E-state index contributed by atoms with van der Waals surface area (Å²) >= 11 is 0. The maximum absolute atomic E-state index is 12.5. The van der Waals surface area contributed by atoms with Gasteiger partial charge in [0.15, 0.2) is 0 Å². The maximum atomic E-state index is 12.5. The number of carbonyl (C=O) groups is 1. The zero-order chi connectivity index (χ0) is 27.1. The topological polar surface area (TPSA) is 128 Å². The van der Waals surface area contributed by atoms with Crippen LogP contribution in [-0.4, -0.2) is 33.6 Å². The number of methoxy groups -OCH3 is 1. The van der Waals surface area contributed by atoms with E-state index in [2.05, 4.69) is 26.3 Å². The highest BCUT2D eigenvalue weighted by molar-refractivity contribution is 5.91. The fourth-order valence-electron chi connectivity index (χ4n) is 3.13. The van der Waals surface area contributed by atoms with Gasteiger partial charge >= 0.3 is 18.0 Å². The van der Waals surface area contributed by atoms with Gasteiger partial charge in [0.25, 0.3) is 0 Å². The first kappa shape index (κ1) is 25.9. The second kappa shape index (κ2) is 11.3. The van der Waals surface area contributed by atoms with Crippen molar-refractivity contribution in [2.75, 3.05) is 12.4 Å². The van der Waals surface area contributed by atoms with Crippen LogP contribution in [0.1, 0.15) is 36.7 Å². The molecule has 0 spiro atoms. The number of hydrogen-bond donors (Lipinski definition) is 1. The fraction of sp³-hybridized carbons (Fsp3) is 0.179. The summed E-state index contributed by atoms with van der Waals surface area (Å²) < 4.78 is 22.3. The quantitative estimate of drug-likeness (QED) is 0.280. The molecule has 0 saturated carbocycles. The van der Waals surface area contributed by atoms with Crippen molar-refractivity contribution in [3.8, 4) is 35.3 Å². The smallest absolute Gasteiger partial charge is 0.338 e. The number of ether oxygens (including phenoxy) is 4. The number of carbonyl (C=O) groups excluding carboxylic acids is 1. The summed E-state index contributed by atoms with van der Waals surface area (Å²) in [6.45, 7) is 5.41. The predicted molar refractivity (Wildman–Crippen MR) is 139 cm³/mol. The minimum absolute atomic E-state index is 0.0281. The summed E-state index contributed by atoms with van der Waals surface area (Å²) in [5.74, 6) is 1.23. The van der Waals surface area contributed by atoms with Crippen LogP contribution >= 0.6 is 0 Å². The molecule has 38 heavy (non-hydrogen) atoms. The molecule has 0 amide bonds. The highest BCUT2D eigenvalue weighted by Crippen LogP contribution is 2.27. The molecule has 0 unspecified atom stereocenters. The zero-order valence-electron chi connectivity index (χ0n) is 21.3. The molecule has 0 fully saturated rings. The average Bonchev–Trinajstić information content (AvgIpc) is 2.89. The van der Waals surface area contributed by atoms with Crippen molar-refractivity contribution in [1.29, 1.82) is 5.26 Å². The van der Waals surface area contributed by atoms with Gasteiger partial charge in [0.2, 0.25) is 5.95 Å². The van der Waals surface area contributed by atoms with Gasteiger partial charge in [-0.05, 0) is 87.5 Å². The lowest BCUT2D eigenvalue weighted by molar-refractivity contribution is 0.00695. The third-order valence-corrected chi connectivity index (χ3v) is 4.81. The van der Waals surface area contributed by atoms with Gasteiger partial charge in [-0.3, -0.25) is 0 Å². The van der Waals surface area contributed by atoms with Crippen molar-refractivity contribution in [3.63, 3.8) is 0 Å². The standard InChI is InChI=1S/C28H25N5O5/c1-28(2,3)38-24(34)19-6-5-7-20(16-19)30-25-31-26(36-22-10-8-18(17-29)9-11-22)33-27(32-25)37-23-14-12-21(35-4)13-15-23/h5-16H,1-4H3,(H,30,31,32,33). The first-order valence-corrected chi connectivity index (χ1v) is 11.6. The molecule has 0 aliphatic carbocycles. The van der Waals surface area contributed by atoms with E-state index in [0.29, 0.717) is 34.1 Å². The maximum Gasteiger partial charge on any atom is 0.338 e.